The number of aromatic amines is 1. The lowest BCUT2D eigenvalue weighted by atomic mass is 10.1. The molecule has 0 atom stereocenters. The molecule has 3 rings (SSSR count). The first-order valence-electron chi connectivity index (χ1n) is 7.36. The summed E-state index contributed by atoms with van der Waals surface area (Å²) in [7, 11) is 0. The van der Waals surface area contributed by atoms with E-state index in [1.54, 1.807) is 12.5 Å². The van der Waals surface area contributed by atoms with E-state index in [-0.39, 0.29) is 5.91 Å². The van der Waals surface area contributed by atoms with Crippen molar-refractivity contribution in [3.05, 3.63) is 59.6 Å². The normalized spacial score (nSPS) is 10.4. The summed E-state index contributed by atoms with van der Waals surface area (Å²) in [6, 6.07) is 8.96. The van der Waals surface area contributed by atoms with Gasteiger partial charge in [0, 0.05) is 11.9 Å². The third kappa shape index (κ3) is 3.55. The number of halogens is 1. The number of imidazole rings is 1. The van der Waals surface area contributed by atoms with Crippen LogP contribution in [0.4, 0.5) is 5.69 Å². The quantitative estimate of drug-likeness (QED) is 0.739. The van der Waals surface area contributed by atoms with E-state index in [1.165, 1.54) is 12.3 Å². The van der Waals surface area contributed by atoms with Crippen LogP contribution in [0.5, 0.6) is 5.88 Å². The molecule has 0 bridgehead atoms. The van der Waals surface area contributed by atoms with Crippen molar-refractivity contribution >= 4 is 23.2 Å². The van der Waals surface area contributed by atoms with Crippen LogP contribution in [0.3, 0.4) is 0 Å². The predicted molar refractivity (Wildman–Crippen MR) is 92.4 cm³/mol. The Balaban J connectivity index is 1.71. The third-order valence-corrected chi connectivity index (χ3v) is 3.57. The van der Waals surface area contributed by atoms with E-state index in [2.05, 4.69) is 20.3 Å². The highest BCUT2D eigenvalue weighted by Crippen LogP contribution is 2.23. The number of benzene rings is 1. The lowest BCUT2D eigenvalue weighted by molar-refractivity contribution is 0.102. The van der Waals surface area contributed by atoms with Gasteiger partial charge >= 0.3 is 0 Å². The molecule has 3 aromatic rings. The van der Waals surface area contributed by atoms with Gasteiger partial charge in [0.25, 0.3) is 5.91 Å². The summed E-state index contributed by atoms with van der Waals surface area (Å²) in [5.41, 5.74) is 2.93. The lowest BCUT2D eigenvalue weighted by Gasteiger charge is -2.08. The number of aromatic nitrogens is 3. The van der Waals surface area contributed by atoms with Crippen molar-refractivity contribution in [2.24, 2.45) is 0 Å². The number of hydrogen-bond acceptors (Lipinski definition) is 4. The fourth-order valence-corrected chi connectivity index (χ4v) is 2.36. The van der Waals surface area contributed by atoms with Crippen LogP contribution in [-0.4, -0.2) is 27.5 Å². The SMILES string of the molecule is CCOc1ncc(C(=O)Nc2ccc(-c3cnc[nH]3)cc2)cc1Cl. The van der Waals surface area contributed by atoms with E-state index in [4.69, 9.17) is 16.3 Å². The first-order valence-corrected chi connectivity index (χ1v) is 7.73. The molecule has 2 N–H and O–H groups in total. The molecule has 0 aliphatic rings. The molecule has 2 aromatic heterocycles. The molecule has 6 nitrogen and oxygen atoms in total. The van der Waals surface area contributed by atoms with Crippen LogP contribution in [0.25, 0.3) is 11.3 Å². The Morgan fingerprint density at radius 1 is 1.29 bits per heavy atom. The summed E-state index contributed by atoms with van der Waals surface area (Å²) in [5, 5.41) is 3.11. The zero-order chi connectivity index (χ0) is 16.9. The second kappa shape index (κ2) is 7.14. The molecule has 1 aromatic carbocycles. The molecule has 24 heavy (non-hydrogen) atoms. The third-order valence-electron chi connectivity index (χ3n) is 3.30. The number of nitrogens with one attached hydrogen (secondary N) is 2. The number of carbonyl (C=O) groups is 1. The average Bonchev–Trinajstić information content (AvgIpc) is 3.12. The van der Waals surface area contributed by atoms with Crippen molar-refractivity contribution in [2.45, 2.75) is 6.92 Å². The first kappa shape index (κ1) is 16.0. The minimum absolute atomic E-state index is 0.290. The van der Waals surface area contributed by atoms with Crippen molar-refractivity contribution in [3.63, 3.8) is 0 Å². The number of H-pyrrole nitrogens is 1. The number of anilines is 1. The van der Waals surface area contributed by atoms with Gasteiger partial charge in [-0.25, -0.2) is 9.97 Å². The lowest BCUT2D eigenvalue weighted by Crippen LogP contribution is -2.12. The molecule has 0 radical (unpaired) electrons. The smallest absolute Gasteiger partial charge is 0.257 e. The molecule has 1 amide bonds. The van der Waals surface area contributed by atoms with Crippen LogP contribution in [0, 0.1) is 0 Å². The Kier molecular flexibility index (Phi) is 4.77. The molecular formula is C17H15ClN4O2. The van der Waals surface area contributed by atoms with Gasteiger partial charge in [-0.3, -0.25) is 4.79 Å². The topological polar surface area (TPSA) is 79.9 Å². The number of ether oxygens (including phenoxy) is 1. The average molecular weight is 343 g/mol. The Bertz CT molecular complexity index is 832. The zero-order valence-corrected chi connectivity index (χ0v) is 13.7. The van der Waals surface area contributed by atoms with Crippen LogP contribution in [0.15, 0.2) is 49.1 Å². The molecule has 0 saturated heterocycles. The number of amides is 1. The fourth-order valence-electron chi connectivity index (χ4n) is 2.14. The minimum Gasteiger partial charge on any atom is -0.477 e. The number of carbonyl (C=O) groups excluding carboxylic acids is 1. The number of hydrogen-bond donors (Lipinski definition) is 2. The maximum absolute atomic E-state index is 12.3. The van der Waals surface area contributed by atoms with E-state index in [9.17, 15) is 4.79 Å². The Labute approximate surface area is 143 Å². The van der Waals surface area contributed by atoms with Gasteiger partial charge in [0.05, 0.1) is 30.4 Å². The van der Waals surface area contributed by atoms with E-state index < -0.39 is 0 Å². The van der Waals surface area contributed by atoms with Gasteiger partial charge < -0.3 is 15.0 Å². The van der Waals surface area contributed by atoms with Gasteiger partial charge in [0.15, 0.2) is 0 Å². The van der Waals surface area contributed by atoms with Crippen molar-refractivity contribution in [1.82, 2.24) is 15.0 Å². The summed E-state index contributed by atoms with van der Waals surface area (Å²) < 4.78 is 5.26. The highest BCUT2D eigenvalue weighted by atomic mass is 35.5. The second-order valence-electron chi connectivity index (χ2n) is 4.94. The summed E-state index contributed by atoms with van der Waals surface area (Å²) >= 11 is 6.06. The second-order valence-corrected chi connectivity index (χ2v) is 5.35. The Hall–Kier alpha value is -2.86. The van der Waals surface area contributed by atoms with Crippen molar-refractivity contribution < 1.29 is 9.53 Å². The number of rotatable bonds is 5. The Morgan fingerprint density at radius 2 is 2.08 bits per heavy atom. The number of nitrogens with zero attached hydrogens (tertiary/aromatic N) is 2. The van der Waals surface area contributed by atoms with E-state index >= 15 is 0 Å². The van der Waals surface area contributed by atoms with Gasteiger partial charge in [-0.2, -0.15) is 0 Å². The zero-order valence-electron chi connectivity index (χ0n) is 12.9. The molecule has 0 unspecified atom stereocenters. The highest BCUT2D eigenvalue weighted by Gasteiger charge is 2.11. The van der Waals surface area contributed by atoms with Gasteiger partial charge in [-0.1, -0.05) is 23.7 Å². The van der Waals surface area contributed by atoms with Crippen molar-refractivity contribution in [3.8, 4) is 17.1 Å². The summed E-state index contributed by atoms with van der Waals surface area (Å²) in [4.78, 5) is 23.3. The number of pyridine rings is 1. The largest absolute Gasteiger partial charge is 0.477 e. The molecule has 0 saturated carbocycles. The summed E-state index contributed by atoms with van der Waals surface area (Å²) in [6.07, 6.45) is 4.79. The monoisotopic (exact) mass is 342 g/mol. The van der Waals surface area contributed by atoms with Gasteiger partial charge in [0.2, 0.25) is 5.88 Å². The van der Waals surface area contributed by atoms with E-state index in [0.29, 0.717) is 28.8 Å². The van der Waals surface area contributed by atoms with E-state index in [1.807, 2.05) is 31.2 Å². The molecule has 0 aliphatic carbocycles. The molecule has 0 spiro atoms. The Morgan fingerprint density at radius 3 is 2.71 bits per heavy atom. The van der Waals surface area contributed by atoms with Crippen LogP contribution >= 0.6 is 11.6 Å². The molecule has 0 aliphatic heterocycles. The molecule has 0 fully saturated rings. The summed E-state index contributed by atoms with van der Waals surface area (Å²) in [6.45, 7) is 2.30. The van der Waals surface area contributed by atoms with Crippen LogP contribution < -0.4 is 10.1 Å². The maximum atomic E-state index is 12.3. The molecule has 122 valence electrons. The standard InChI is InChI=1S/C17H15ClN4O2/c1-2-24-17-14(18)7-12(8-20-17)16(23)22-13-5-3-11(4-6-13)15-9-19-10-21-15/h3-10H,2H2,1H3,(H,19,21)(H,22,23). The predicted octanol–water partition coefficient (Wildman–Crippen LogP) is 3.78. The van der Waals surface area contributed by atoms with Crippen LogP contribution in [0.2, 0.25) is 5.02 Å². The van der Waals surface area contributed by atoms with Gasteiger partial charge in [-0.15, -0.1) is 0 Å². The van der Waals surface area contributed by atoms with Crippen molar-refractivity contribution in [1.29, 1.82) is 0 Å². The van der Waals surface area contributed by atoms with Crippen LogP contribution in [0.1, 0.15) is 17.3 Å². The minimum atomic E-state index is -0.290. The van der Waals surface area contributed by atoms with Crippen molar-refractivity contribution in [2.75, 3.05) is 11.9 Å². The van der Waals surface area contributed by atoms with Gasteiger partial charge in [-0.05, 0) is 30.7 Å². The first-order chi connectivity index (χ1) is 11.7. The molecule has 7 heteroatoms. The van der Waals surface area contributed by atoms with Gasteiger partial charge in [0.1, 0.15) is 5.02 Å². The summed E-state index contributed by atoms with van der Waals surface area (Å²) in [5.74, 6) is 0.0290. The maximum Gasteiger partial charge on any atom is 0.257 e. The van der Waals surface area contributed by atoms with Crippen LogP contribution in [-0.2, 0) is 0 Å². The van der Waals surface area contributed by atoms with E-state index in [0.717, 1.165) is 11.3 Å². The highest BCUT2D eigenvalue weighted by molar-refractivity contribution is 6.32. The molecule has 2 heterocycles. The fraction of sp³-hybridized carbons (Fsp3) is 0.118. The molecular weight excluding hydrogens is 328 g/mol.